The highest BCUT2D eigenvalue weighted by Gasteiger charge is 2.35. The molecule has 0 spiro atoms. The van der Waals surface area contributed by atoms with E-state index in [0.717, 1.165) is 25.7 Å². The highest BCUT2D eigenvalue weighted by molar-refractivity contribution is 7.89. The van der Waals surface area contributed by atoms with Gasteiger partial charge >= 0.3 is 0 Å². The number of hydrogen-bond donors (Lipinski definition) is 2. The lowest BCUT2D eigenvalue weighted by molar-refractivity contribution is -0.127. The molecule has 2 heterocycles. The van der Waals surface area contributed by atoms with Crippen LogP contribution in [0.25, 0.3) is 0 Å². The van der Waals surface area contributed by atoms with Crippen molar-refractivity contribution in [1.29, 1.82) is 0 Å². The van der Waals surface area contributed by atoms with E-state index in [4.69, 9.17) is 4.74 Å². The lowest BCUT2D eigenvalue weighted by atomic mass is 9.87. The highest BCUT2D eigenvalue weighted by atomic mass is 32.2. The predicted octanol–water partition coefficient (Wildman–Crippen LogP) is 2.42. The van der Waals surface area contributed by atoms with Crippen molar-refractivity contribution in [2.24, 2.45) is 11.8 Å². The van der Waals surface area contributed by atoms with Crippen molar-refractivity contribution < 1.29 is 22.7 Å². The van der Waals surface area contributed by atoms with E-state index in [1.54, 1.807) is 13.0 Å². The third-order valence-electron chi connectivity index (χ3n) is 6.64. The van der Waals surface area contributed by atoms with Crippen molar-refractivity contribution in [3.63, 3.8) is 0 Å². The summed E-state index contributed by atoms with van der Waals surface area (Å²) in [6.07, 6.45) is 5.57. The Balaban J connectivity index is 1.47. The normalized spacial score (nSPS) is 27.0. The van der Waals surface area contributed by atoms with Gasteiger partial charge in [-0.15, -0.1) is 0 Å². The van der Waals surface area contributed by atoms with Crippen LogP contribution in [0.3, 0.4) is 0 Å². The van der Waals surface area contributed by atoms with Gasteiger partial charge in [0.25, 0.3) is 5.91 Å². The number of hydrogen-bond acceptors (Lipinski definition) is 5. The number of nitrogens with one attached hydrogen (secondary N) is 2. The van der Waals surface area contributed by atoms with Gasteiger partial charge in [0, 0.05) is 25.2 Å². The monoisotopic (exact) mass is 449 g/mol. The van der Waals surface area contributed by atoms with Crippen LogP contribution >= 0.6 is 0 Å². The van der Waals surface area contributed by atoms with Crippen molar-refractivity contribution in [3.05, 3.63) is 17.7 Å². The van der Waals surface area contributed by atoms with E-state index in [9.17, 15) is 18.0 Å². The molecule has 1 aromatic rings. The number of carbonyl (C=O) groups is 2. The Hall–Kier alpha value is -2.13. The number of nitrogens with zero attached hydrogens (tertiary/aromatic N) is 1. The molecule has 1 saturated carbocycles. The zero-order chi connectivity index (χ0) is 22.2. The third kappa shape index (κ3) is 4.72. The zero-order valence-corrected chi connectivity index (χ0v) is 19.0. The fourth-order valence-electron chi connectivity index (χ4n) is 4.73. The van der Waals surface area contributed by atoms with E-state index < -0.39 is 10.0 Å². The standard InChI is InChI=1S/C22H31N3O5S/c1-14-5-7-17(8-6-14)23-22(27)16-4-3-9-25(12-16)31(28,29)20-11-19-18(10-15(20)2)24-21(26)13-30-19/h10-11,14,16-17H,3-9,12-13H2,1-2H3,(H,23,27)(H,24,26)/t14?,16-,17?/m1/s1. The van der Waals surface area contributed by atoms with Crippen molar-refractivity contribution >= 4 is 27.5 Å². The second-order valence-corrected chi connectivity index (χ2v) is 11.0. The van der Waals surface area contributed by atoms with Gasteiger partial charge in [-0.25, -0.2) is 8.42 Å². The Kier molecular flexibility index (Phi) is 6.25. The number of sulfonamides is 1. The molecule has 2 amide bonds. The van der Waals surface area contributed by atoms with Gasteiger partial charge in [-0.1, -0.05) is 6.92 Å². The maximum absolute atomic E-state index is 13.4. The van der Waals surface area contributed by atoms with Gasteiger partial charge in [0.05, 0.1) is 16.5 Å². The summed E-state index contributed by atoms with van der Waals surface area (Å²) in [5.74, 6) is 0.422. The van der Waals surface area contributed by atoms with Crippen molar-refractivity contribution in [2.45, 2.75) is 63.3 Å². The van der Waals surface area contributed by atoms with E-state index in [0.29, 0.717) is 42.3 Å². The van der Waals surface area contributed by atoms with Gasteiger partial charge in [0.2, 0.25) is 15.9 Å². The molecule has 8 nitrogen and oxygen atoms in total. The van der Waals surface area contributed by atoms with Crippen LogP contribution in [0.5, 0.6) is 5.75 Å². The van der Waals surface area contributed by atoms with Crippen LogP contribution in [0.4, 0.5) is 5.69 Å². The number of amides is 2. The van der Waals surface area contributed by atoms with Crippen molar-refractivity contribution in [1.82, 2.24) is 9.62 Å². The summed E-state index contributed by atoms with van der Waals surface area (Å²) in [5, 5.41) is 5.85. The lowest BCUT2D eigenvalue weighted by Crippen LogP contribution is -2.48. The molecule has 0 aromatic heterocycles. The van der Waals surface area contributed by atoms with Crippen molar-refractivity contribution in [3.8, 4) is 5.75 Å². The average molecular weight is 450 g/mol. The molecule has 2 aliphatic heterocycles. The maximum atomic E-state index is 13.4. The van der Waals surface area contributed by atoms with Gasteiger partial charge in [0.15, 0.2) is 6.61 Å². The molecule has 31 heavy (non-hydrogen) atoms. The SMILES string of the molecule is Cc1cc2c(cc1S(=O)(=O)N1CCC[C@@H](C(=O)NC3CCC(C)CC3)C1)OCC(=O)N2. The van der Waals surface area contributed by atoms with Gasteiger partial charge in [-0.2, -0.15) is 4.31 Å². The van der Waals surface area contributed by atoms with Crippen LogP contribution in [0.1, 0.15) is 51.0 Å². The zero-order valence-electron chi connectivity index (χ0n) is 18.1. The molecule has 2 N–H and O–H groups in total. The molecule has 0 bridgehead atoms. The minimum Gasteiger partial charge on any atom is -0.482 e. The molecule has 1 atom stereocenters. The number of aryl methyl sites for hydroxylation is 1. The number of fused-ring (bicyclic) bond motifs is 1. The van der Waals surface area contributed by atoms with Crippen molar-refractivity contribution in [2.75, 3.05) is 25.0 Å². The smallest absolute Gasteiger partial charge is 0.262 e. The van der Waals surface area contributed by atoms with Gasteiger partial charge < -0.3 is 15.4 Å². The van der Waals surface area contributed by atoms with Crippen LogP contribution < -0.4 is 15.4 Å². The van der Waals surface area contributed by atoms with E-state index in [2.05, 4.69) is 17.6 Å². The molecular formula is C22H31N3O5S. The molecule has 2 fully saturated rings. The number of carbonyl (C=O) groups excluding carboxylic acids is 2. The number of benzene rings is 1. The summed E-state index contributed by atoms with van der Waals surface area (Å²) < 4.78 is 33.6. The predicted molar refractivity (Wildman–Crippen MR) is 116 cm³/mol. The Morgan fingerprint density at radius 3 is 2.68 bits per heavy atom. The van der Waals surface area contributed by atoms with Crippen LogP contribution in [0, 0.1) is 18.8 Å². The summed E-state index contributed by atoms with van der Waals surface area (Å²) in [5.41, 5.74) is 1.01. The van der Waals surface area contributed by atoms with Gasteiger partial charge in [-0.3, -0.25) is 9.59 Å². The molecule has 1 aromatic carbocycles. The fourth-order valence-corrected chi connectivity index (χ4v) is 6.48. The first-order chi connectivity index (χ1) is 14.7. The molecule has 0 unspecified atom stereocenters. The Morgan fingerprint density at radius 1 is 1.19 bits per heavy atom. The maximum Gasteiger partial charge on any atom is 0.262 e. The Labute approximate surface area is 183 Å². The Bertz CT molecular complexity index is 970. The third-order valence-corrected chi connectivity index (χ3v) is 8.65. The Morgan fingerprint density at radius 2 is 1.94 bits per heavy atom. The number of anilines is 1. The second-order valence-electron chi connectivity index (χ2n) is 9.12. The molecule has 0 radical (unpaired) electrons. The van der Waals surface area contributed by atoms with Crippen LogP contribution in [0.2, 0.25) is 0 Å². The topological polar surface area (TPSA) is 105 Å². The average Bonchev–Trinajstić information content (AvgIpc) is 2.74. The summed E-state index contributed by atoms with van der Waals surface area (Å²) in [6, 6.07) is 3.30. The van der Waals surface area contributed by atoms with E-state index >= 15 is 0 Å². The lowest BCUT2D eigenvalue weighted by Gasteiger charge is -2.34. The minimum absolute atomic E-state index is 0.0346. The second kappa shape index (κ2) is 8.78. The molecule has 3 aliphatic rings. The summed E-state index contributed by atoms with van der Waals surface area (Å²) >= 11 is 0. The highest BCUT2D eigenvalue weighted by Crippen LogP contribution is 2.35. The fraction of sp³-hybridized carbons (Fsp3) is 0.636. The quantitative estimate of drug-likeness (QED) is 0.735. The molecule has 4 rings (SSSR count). The summed E-state index contributed by atoms with van der Waals surface area (Å²) in [6.45, 7) is 4.38. The molecule has 170 valence electrons. The molecule has 1 aliphatic carbocycles. The van der Waals surface area contributed by atoms with Gasteiger partial charge in [0.1, 0.15) is 5.75 Å². The summed E-state index contributed by atoms with van der Waals surface area (Å²) in [7, 11) is -3.79. The molecule has 1 saturated heterocycles. The first-order valence-corrected chi connectivity index (χ1v) is 12.6. The first-order valence-electron chi connectivity index (χ1n) is 11.1. The molecule has 9 heteroatoms. The summed E-state index contributed by atoms with van der Waals surface area (Å²) in [4.78, 5) is 24.5. The molecular weight excluding hydrogens is 418 g/mol. The van der Waals surface area contributed by atoms with E-state index in [-0.39, 0.29) is 41.8 Å². The minimum atomic E-state index is -3.79. The number of ether oxygens (including phenoxy) is 1. The van der Waals surface area contributed by atoms with E-state index in [1.165, 1.54) is 10.4 Å². The van der Waals surface area contributed by atoms with Crippen LogP contribution in [0.15, 0.2) is 17.0 Å². The van der Waals surface area contributed by atoms with E-state index in [1.807, 2.05) is 0 Å². The largest absolute Gasteiger partial charge is 0.482 e. The number of piperidine rings is 1. The van der Waals surface area contributed by atoms with Gasteiger partial charge in [-0.05, 0) is 63.0 Å². The first kappa shape index (κ1) is 22.1. The number of rotatable bonds is 4. The van der Waals surface area contributed by atoms with Crippen LogP contribution in [-0.4, -0.2) is 50.3 Å². The van der Waals surface area contributed by atoms with Crippen LogP contribution in [-0.2, 0) is 19.6 Å².